The number of esters is 1. The van der Waals surface area contributed by atoms with Crippen molar-refractivity contribution in [1.29, 1.82) is 0 Å². The van der Waals surface area contributed by atoms with Gasteiger partial charge in [-0.15, -0.1) is 0 Å². The molecule has 0 aliphatic heterocycles. The molecular weight excluding hydrogens is 292 g/mol. The first kappa shape index (κ1) is 16.5. The molecular formula is C18H20N2O3. The van der Waals surface area contributed by atoms with Crippen molar-refractivity contribution in [1.82, 2.24) is 5.32 Å². The molecule has 23 heavy (non-hydrogen) atoms. The maximum atomic E-state index is 12.4. The van der Waals surface area contributed by atoms with Crippen LogP contribution < -0.4 is 11.1 Å². The number of nitrogens with one attached hydrogen (secondary N) is 1. The number of nitrogen functional groups attached to an aromatic ring is 1. The minimum Gasteiger partial charge on any atom is -0.464 e. The molecule has 0 radical (unpaired) electrons. The molecule has 5 nitrogen and oxygen atoms in total. The smallest absolute Gasteiger partial charge is 0.328 e. The molecule has 0 saturated carbocycles. The Morgan fingerprint density at radius 1 is 1.09 bits per heavy atom. The monoisotopic (exact) mass is 312 g/mol. The number of anilines is 1. The molecule has 0 saturated heterocycles. The van der Waals surface area contributed by atoms with E-state index in [-0.39, 0.29) is 6.61 Å². The van der Waals surface area contributed by atoms with Gasteiger partial charge in [-0.2, -0.15) is 0 Å². The highest BCUT2D eigenvalue weighted by molar-refractivity contribution is 6.00. The first-order chi connectivity index (χ1) is 11.1. The molecule has 0 bridgehead atoms. The van der Waals surface area contributed by atoms with E-state index < -0.39 is 17.9 Å². The Hall–Kier alpha value is -2.82. The van der Waals surface area contributed by atoms with Crippen molar-refractivity contribution < 1.29 is 14.3 Å². The first-order valence-electron chi connectivity index (χ1n) is 7.47. The van der Waals surface area contributed by atoms with Crippen molar-refractivity contribution in [3.05, 3.63) is 65.7 Å². The van der Waals surface area contributed by atoms with Gasteiger partial charge in [-0.3, -0.25) is 4.79 Å². The van der Waals surface area contributed by atoms with Crippen LogP contribution in [0.3, 0.4) is 0 Å². The Kier molecular flexibility index (Phi) is 5.74. The lowest BCUT2D eigenvalue weighted by atomic mass is 10.1. The van der Waals surface area contributed by atoms with E-state index in [1.165, 1.54) is 0 Å². The molecule has 1 atom stereocenters. The third kappa shape index (κ3) is 4.57. The molecule has 120 valence electrons. The van der Waals surface area contributed by atoms with Crippen LogP contribution in [-0.2, 0) is 16.0 Å². The second-order valence-corrected chi connectivity index (χ2v) is 5.06. The van der Waals surface area contributed by atoms with Crippen LogP contribution in [0.2, 0.25) is 0 Å². The molecule has 0 aromatic heterocycles. The lowest BCUT2D eigenvalue weighted by Crippen LogP contribution is -2.43. The van der Waals surface area contributed by atoms with Crippen LogP contribution in [0.15, 0.2) is 54.6 Å². The second kappa shape index (κ2) is 7.98. The van der Waals surface area contributed by atoms with Crippen molar-refractivity contribution in [2.45, 2.75) is 19.4 Å². The van der Waals surface area contributed by atoms with Crippen LogP contribution in [0.25, 0.3) is 0 Å². The number of hydrogen-bond acceptors (Lipinski definition) is 4. The molecule has 5 heteroatoms. The van der Waals surface area contributed by atoms with Gasteiger partial charge in [-0.05, 0) is 24.6 Å². The van der Waals surface area contributed by atoms with Gasteiger partial charge in [-0.1, -0.05) is 42.5 Å². The number of hydrogen-bond donors (Lipinski definition) is 2. The van der Waals surface area contributed by atoms with Crippen molar-refractivity contribution in [2.24, 2.45) is 0 Å². The third-order valence-electron chi connectivity index (χ3n) is 3.36. The summed E-state index contributed by atoms with van der Waals surface area (Å²) in [7, 11) is 0. The quantitative estimate of drug-likeness (QED) is 0.633. The molecule has 2 aromatic carbocycles. The number of ether oxygens (including phenoxy) is 1. The summed E-state index contributed by atoms with van der Waals surface area (Å²) in [6.45, 7) is 1.99. The van der Waals surface area contributed by atoms with Crippen molar-refractivity contribution in [3.8, 4) is 0 Å². The fraction of sp³-hybridized carbons (Fsp3) is 0.222. The molecule has 0 spiro atoms. The van der Waals surface area contributed by atoms with E-state index in [0.717, 1.165) is 5.56 Å². The van der Waals surface area contributed by atoms with Gasteiger partial charge < -0.3 is 15.8 Å². The Labute approximate surface area is 135 Å². The van der Waals surface area contributed by atoms with Crippen LogP contribution in [0, 0.1) is 0 Å². The van der Waals surface area contributed by atoms with Gasteiger partial charge in [-0.25, -0.2) is 4.79 Å². The average molecular weight is 312 g/mol. The Morgan fingerprint density at radius 2 is 1.74 bits per heavy atom. The van der Waals surface area contributed by atoms with Gasteiger partial charge in [0.25, 0.3) is 5.91 Å². The van der Waals surface area contributed by atoms with Gasteiger partial charge >= 0.3 is 5.97 Å². The highest BCUT2D eigenvalue weighted by Crippen LogP contribution is 2.12. The molecule has 2 aromatic rings. The summed E-state index contributed by atoms with van der Waals surface area (Å²) >= 11 is 0. The van der Waals surface area contributed by atoms with Gasteiger partial charge in [0.2, 0.25) is 0 Å². The minimum atomic E-state index is -0.760. The molecule has 1 amide bonds. The zero-order valence-electron chi connectivity index (χ0n) is 13.0. The van der Waals surface area contributed by atoms with Gasteiger partial charge in [0.15, 0.2) is 0 Å². The van der Waals surface area contributed by atoms with Crippen LogP contribution in [0.1, 0.15) is 22.8 Å². The summed E-state index contributed by atoms with van der Waals surface area (Å²) in [6.07, 6.45) is 0.359. The molecule has 0 aliphatic rings. The van der Waals surface area contributed by atoms with Crippen LogP contribution in [0.4, 0.5) is 5.69 Å². The zero-order chi connectivity index (χ0) is 16.7. The molecule has 2 rings (SSSR count). The van der Waals surface area contributed by atoms with Crippen molar-refractivity contribution in [3.63, 3.8) is 0 Å². The van der Waals surface area contributed by atoms with E-state index in [2.05, 4.69) is 5.32 Å². The second-order valence-electron chi connectivity index (χ2n) is 5.06. The zero-order valence-corrected chi connectivity index (χ0v) is 13.0. The van der Waals surface area contributed by atoms with E-state index in [4.69, 9.17) is 10.5 Å². The van der Waals surface area contributed by atoms with E-state index >= 15 is 0 Å². The van der Waals surface area contributed by atoms with Gasteiger partial charge in [0, 0.05) is 12.1 Å². The number of para-hydroxylation sites is 1. The maximum Gasteiger partial charge on any atom is 0.328 e. The summed E-state index contributed by atoms with van der Waals surface area (Å²) < 4.78 is 5.06. The predicted octanol–water partition coefficient (Wildman–Crippen LogP) is 2.17. The number of carbonyl (C=O) groups is 2. The summed E-state index contributed by atoms with van der Waals surface area (Å²) in [5.41, 5.74) is 7.45. The number of rotatable bonds is 6. The van der Waals surface area contributed by atoms with E-state index in [9.17, 15) is 9.59 Å². The summed E-state index contributed by atoms with van der Waals surface area (Å²) in [5, 5.41) is 2.71. The normalized spacial score (nSPS) is 11.5. The number of carbonyl (C=O) groups excluding carboxylic acids is 2. The summed E-state index contributed by atoms with van der Waals surface area (Å²) in [6, 6.07) is 15.4. The fourth-order valence-corrected chi connectivity index (χ4v) is 2.23. The number of nitrogens with two attached hydrogens (primary N) is 1. The third-order valence-corrected chi connectivity index (χ3v) is 3.36. The Balaban J connectivity index is 2.15. The molecule has 3 N–H and O–H groups in total. The lowest BCUT2D eigenvalue weighted by molar-refractivity contribution is -0.145. The molecule has 0 unspecified atom stereocenters. The van der Waals surface area contributed by atoms with E-state index in [1.807, 2.05) is 30.3 Å². The highest BCUT2D eigenvalue weighted by atomic mass is 16.5. The van der Waals surface area contributed by atoms with E-state index in [1.54, 1.807) is 31.2 Å². The Morgan fingerprint density at radius 3 is 2.39 bits per heavy atom. The van der Waals surface area contributed by atoms with Crippen molar-refractivity contribution in [2.75, 3.05) is 12.3 Å². The topological polar surface area (TPSA) is 81.4 Å². The molecule has 0 aliphatic carbocycles. The van der Waals surface area contributed by atoms with Crippen molar-refractivity contribution >= 4 is 17.6 Å². The fourth-order valence-electron chi connectivity index (χ4n) is 2.23. The largest absolute Gasteiger partial charge is 0.464 e. The van der Waals surface area contributed by atoms with Crippen LogP contribution in [-0.4, -0.2) is 24.5 Å². The van der Waals surface area contributed by atoms with E-state index in [0.29, 0.717) is 17.7 Å². The maximum absolute atomic E-state index is 12.4. The van der Waals surface area contributed by atoms with Crippen LogP contribution >= 0.6 is 0 Å². The average Bonchev–Trinajstić information content (AvgIpc) is 2.55. The molecule has 0 heterocycles. The number of amides is 1. The molecule has 0 fully saturated rings. The predicted molar refractivity (Wildman–Crippen MR) is 88.9 cm³/mol. The minimum absolute atomic E-state index is 0.257. The SMILES string of the molecule is CCOC(=O)[C@@H](Cc1ccccc1)NC(=O)c1ccccc1N. The summed E-state index contributed by atoms with van der Waals surface area (Å²) in [5.74, 6) is -0.851. The Bertz CT molecular complexity index is 671. The first-order valence-corrected chi connectivity index (χ1v) is 7.47. The van der Waals surface area contributed by atoms with Gasteiger partial charge in [0.05, 0.1) is 12.2 Å². The highest BCUT2D eigenvalue weighted by Gasteiger charge is 2.23. The summed E-state index contributed by atoms with van der Waals surface area (Å²) in [4.78, 5) is 24.5. The van der Waals surface area contributed by atoms with Gasteiger partial charge in [0.1, 0.15) is 6.04 Å². The standard InChI is InChI=1S/C18H20N2O3/c1-2-23-18(22)16(12-13-8-4-3-5-9-13)20-17(21)14-10-6-7-11-15(14)19/h3-11,16H,2,12,19H2,1H3,(H,20,21)/t16-/m1/s1. The lowest BCUT2D eigenvalue weighted by Gasteiger charge is -2.18. The van der Waals surface area contributed by atoms with Crippen LogP contribution in [0.5, 0.6) is 0 Å². The number of benzene rings is 2.